The standard InChI is InChI=1S/C10H15N3O/c1-3-4-8(2)13-10(14)9-7-11-5-6-12-9/h5-8H,3-4H2,1-2H3,(H,13,14)/t8-/m0/s1. The molecule has 1 aromatic rings. The zero-order valence-corrected chi connectivity index (χ0v) is 8.53. The van der Waals surface area contributed by atoms with E-state index in [1.165, 1.54) is 12.4 Å². The predicted octanol–water partition coefficient (Wildman–Crippen LogP) is 1.39. The van der Waals surface area contributed by atoms with E-state index >= 15 is 0 Å². The molecule has 1 rings (SSSR count). The first-order chi connectivity index (χ1) is 6.74. The first-order valence-corrected chi connectivity index (χ1v) is 4.81. The SMILES string of the molecule is CCC[C@H](C)NC(=O)c1cnccn1. The van der Waals surface area contributed by atoms with Crippen LogP contribution in [0.15, 0.2) is 18.6 Å². The molecular formula is C10H15N3O. The zero-order chi connectivity index (χ0) is 10.4. The molecule has 1 aromatic heterocycles. The van der Waals surface area contributed by atoms with Gasteiger partial charge in [-0.05, 0) is 13.3 Å². The van der Waals surface area contributed by atoms with Crippen LogP contribution in [0.2, 0.25) is 0 Å². The van der Waals surface area contributed by atoms with E-state index in [4.69, 9.17) is 0 Å². The number of carbonyl (C=O) groups is 1. The van der Waals surface area contributed by atoms with Crippen LogP contribution >= 0.6 is 0 Å². The first-order valence-electron chi connectivity index (χ1n) is 4.81. The van der Waals surface area contributed by atoms with Gasteiger partial charge in [0.25, 0.3) is 5.91 Å². The van der Waals surface area contributed by atoms with Crippen molar-refractivity contribution in [3.63, 3.8) is 0 Å². The highest BCUT2D eigenvalue weighted by Gasteiger charge is 2.09. The first kappa shape index (κ1) is 10.6. The summed E-state index contributed by atoms with van der Waals surface area (Å²) in [5.41, 5.74) is 0.371. The van der Waals surface area contributed by atoms with Gasteiger partial charge in [0.05, 0.1) is 6.20 Å². The van der Waals surface area contributed by atoms with Gasteiger partial charge in [-0.15, -0.1) is 0 Å². The van der Waals surface area contributed by atoms with E-state index in [0.717, 1.165) is 12.8 Å². The van der Waals surface area contributed by atoms with Gasteiger partial charge in [0.2, 0.25) is 0 Å². The molecule has 0 aliphatic rings. The topological polar surface area (TPSA) is 54.9 Å². The quantitative estimate of drug-likeness (QED) is 0.786. The molecule has 0 saturated carbocycles. The van der Waals surface area contributed by atoms with E-state index < -0.39 is 0 Å². The van der Waals surface area contributed by atoms with Gasteiger partial charge in [-0.2, -0.15) is 0 Å². The van der Waals surface area contributed by atoms with Crippen molar-refractivity contribution in [3.05, 3.63) is 24.3 Å². The summed E-state index contributed by atoms with van der Waals surface area (Å²) < 4.78 is 0. The lowest BCUT2D eigenvalue weighted by Gasteiger charge is -2.11. The number of aromatic nitrogens is 2. The summed E-state index contributed by atoms with van der Waals surface area (Å²) >= 11 is 0. The smallest absolute Gasteiger partial charge is 0.271 e. The van der Waals surface area contributed by atoms with Crippen molar-refractivity contribution in [2.75, 3.05) is 0 Å². The van der Waals surface area contributed by atoms with Crippen molar-refractivity contribution in [1.82, 2.24) is 15.3 Å². The van der Waals surface area contributed by atoms with Crippen LogP contribution in [0.1, 0.15) is 37.2 Å². The molecule has 0 bridgehead atoms. The third kappa shape index (κ3) is 3.12. The second-order valence-electron chi connectivity index (χ2n) is 3.25. The Kier molecular flexibility index (Phi) is 4.04. The number of amides is 1. The minimum Gasteiger partial charge on any atom is -0.348 e. The number of nitrogens with one attached hydrogen (secondary N) is 1. The highest BCUT2D eigenvalue weighted by Crippen LogP contribution is 1.97. The largest absolute Gasteiger partial charge is 0.348 e. The molecule has 1 atom stereocenters. The molecule has 0 unspecified atom stereocenters. The lowest BCUT2D eigenvalue weighted by Crippen LogP contribution is -2.32. The summed E-state index contributed by atoms with van der Waals surface area (Å²) in [4.78, 5) is 19.3. The lowest BCUT2D eigenvalue weighted by molar-refractivity contribution is 0.0933. The minimum absolute atomic E-state index is 0.154. The molecule has 4 heteroatoms. The van der Waals surface area contributed by atoms with Crippen LogP contribution < -0.4 is 5.32 Å². The molecular weight excluding hydrogens is 178 g/mol. The van der Waals surface area contributed by atoms with E-state index in [1.54, 1.807) is 6.20 Å². The van der Waals surface area contributed by atoms with E-state index in [2.05, 4.69) is 22.2 Å². The molecule has 0 fully saturated rings. The highest BCUT2D eigenvalue weighted by atomic mass is 16.1. The molecule has 0 aliphatic heterocycles. The number of hydrogen-bond acceptors (Lipinski definition) is 3. The van der Waals surface area contributed by atoms with Gasteiger partial charge < -0.3 is 5.32 Å². The summed E-state index contributed by atoms with van der Waals surface area (Å²) in [6.07, 6.45) is 6.56. The summed E-state index contributed by atoms with van der Waals surface area (Å²) in [6.45, 7) is 4.07. The molecule has 0 spiro atoms. The fraction of sp³-hybridized carbons (Fsp3) is 0.500. The molecule has 1 N–H and O–H groups in total. The Bertz CT molecular complexity index is 287. The summed E-state index contributed by atoms with van der Waals surface area (Å²) in [5, 5.41) is 2.86. The van der Waals surface area contributed by atoms with Crippen molar-refractivity contribution >= 4 is 5.91 Å². The van der Waals surface area contributed by atoms with Crippen LogP contribution in [0.5, 0.6) is 0 Å². The van der Waals surface area contributed by atoms with Crippen LogP contribution in [-0.4, -0.2) is 21.9 Å². The minimum atomic E-state index is -0.154. The van der Waals surface area contributed by atoms with Crippen LogP contribution in [0.25, 0.3) is 0 Å². The zero-order valence-electron chi connectivity index (χ0n) is 8.53. The van der Waals surface area contributed by atoms with E-state index in [-0.39, 0.29) is 11.9 Å². The van der Waals surface area contributed by atoms with Crippen molar-refractivity contribution in [3.8, 4) is 0 Å². The Morgan fingerprint density at radius 2 is 2.36 bits per heavy atom. The van der Waals surface area contributed by atoms with Crippen LogP contribution in [0, 0.1) is 0 Å². The van der Waals surface area contributed by atoms with Gasteiger partial charge in [-0.25, -0.2) is 4.98 Å². The van der Waals surface area contributed by atoms with Gasteiger partial charge in [0, 0.05) is 18.4 Å². The van der Waals surface area contributed by atoms with E-state index in [0.29, 0.717) is 5.69 Å². The summed E-state index contributed by atoms with van der Waals surface area (Å²) in [5.74, 6) is -0.154. The number of nitrogens with zero attached hydrogens (tertiary/aromatic N) is 2. The van der Waals surface area contributed by atoms with Gasteiger partial charge in [-0.1, -0.05) is 13.3 Å². The normalized spacial score (nSPS) is 12.1. The van der Waals surface area contributed by atoms with Crippen molar-refractivity contribution in [2.24, 2.45) is 0 Å². The average Bonchev–Trinajstić information content (AvgIpc) is 2.19. The van der Waals surface area contributed by atoms with Crippen LogP contribution in [-0.2, 0) is 0 Å². The fourth-order valence-electron chi connectivity index (χ4n) is 1.22. The van der Waals surface area contributed by atoms with Crippen molar-refractivity contribution in [1.29, 1.82) is 0 Å². The van der Waals surface area contributed by atoms with Gasteiger partial charge in [0.1, 0.15) is 5.69 Å². The van der Waals surface area contributed by atoms with Gasteiger partial charge in [-0.3, -0.25) is 9.78 Å². The van der Waals surface area contributed by atoms with Crippen LogP contribution in [0.3, 0.4) is 0 Å². The third-order valence-corrected chi connectivity index (χ3v) is 1.89. The van der Waals surface area contributed by atoms with Gasteiger partial charge in [0.15, 0.2) is 0 Å². The highest BCUT2D eigenvalue weighted by molar-refractivity contribution is 5.92. The molecule has 0 saturated heterocycles. The Labute approximate surface area is 83.8 Å². The van der Waals surface area contributed by atoms with Crippen molar-refractivity contribution in [2.45, 2.75) is 32.7 Å². The number of hydrogen-bond donors (Lipinski definition) is 1. The predicted molar refractivity (Wildman–Crippen MR) is 53.9 cm³/mol. The van der Waals surface area contributed by atoms with Gasteiger partial charge >= 0.3 is 0 Å². The average molecular weight is 193 g/mol. The molecule has 0 aliphatic carbocycles. The van der Waals surface area contributed by atoms with E-state index in [9.17, 15) is 4.79 Å². The Hall–Kier alpha value is -1.45. The third-order valence-electron chi connectivity index (χ3n) is 1.89. The molecule has 0 aromatic carbocycles. The molecule has 1 heterocycles. The summed E-state index contributed by atoms with van der Waals surface area (Å²) in [7, 11) is 0. The molecule has 1 amide bonds. The molecule has 0 radical (unpaired) electrons. The van der Waals surface area contributed by atoms with Crippen molar-refractivity contribution < 1.29 is 4.79 Å². The number of carbonyl (C=O) groups excluding carboxylic acids is 1. The maximum Gasteiger partial charge on any atom is 0.271 e. The maximum atomic E-state index is 11.5. The molecule has 76 valence electrons. The van der Waals surface area contributed by atoms with E-state index in [1.807, 2.05) is 6.92 Å². The fourth-order valence-corrected chi connectivity index (χ4v) is 1.22. The van der Waals surface area contributed by atoms with Crippen LogP contribution in [0.4, 0.5) is 0 Å². The summed E-state index contributed by atoms with van der Waals surface area (Å²) in [6, 6.07) is 0.189. The maximum absolute atomic E-state index is 11.5. The Balaban J connectivity index is 2.51. The Morgan fingerprint density at radius 1 is 1.57 bits per heavy atom. The second-order valence-corrected chi connectivity index (χ2v) is 3.25. The number of rotatable bonds is 4. The Morgan fingerprint density at radius 3 is 2.93 bits per heavy atom. The molecule has 14 heavy (non-hydrogen) atoms. The second kappa shape index (κ2) is 5.32. The molecule has 4 nitrogen and oxygen atoms in total. The lowest BCUT2D eigenvalue weighted by atomic mass is 10.2. The monoisotopic (exact) mass is 193 g/mol.